The third-order valence-electron chi connectivity index (χ3n) is 3.00. The van der Waals surface area contributed by atoms with Crippen LogP contribution in [0.5, 0.6) is 0 Å². The third-order valence-corrected chi connectivity index (χ3v) is 3.00. The molecule has 0 atom stereocenters. The van der Waals surface area contributed by atoms with Crippen LogP contribution in [0.4, 0.5) is 57.1 Å². The molecule has 0 aliphatic rings. The zero-order valence-corrected chi connectivity index (χ0v) is 14.9. The SMILES string of the molecule is C=C(C)C(=O)OCCC(F)(F)C(F)(F)C(F)(F)C(F)(F)C(F)(F)C(F)(F)F.CC. The Labute approximate surface area is 155 Å². The van der Waals surface area contributed by atoms with Crippen molar-refractivity contribution in [2.45, 2.75) is 63.0 Å². The molecule has 0 N–H and O–H groups in total. The first-order chi connectivity index (χ1) is 12.6. The molecular weight excluding hydrogens is 447 g/mol. The second-order valence-electron chi connectivity index (χ2n) is 5.17. The molecule has 0 radical (unpaired) electrons. The summed E-state index contributed by atoms with van der Waals surface area (Å²) in [5.41, 5.74) is -0.466. The van der Waals surface area contributed by atoms with Crippen LogP contribution in [0.15, 0.2) is 12.2 Å². The number of hydrogen-bond acceptors (Lipinski definition) is 2. The lowest BCUT2D eigenvalue weighted by molar-refractivity contribution is -0.440. The highest BCUT2D eigenvalue weighted by atomic mass is 19.4. The van der Waals surface area contributed by atoms with Crippen LogP contribution in [-0.2, 0) is 9.53 Å². The normalized spacial score (nSPS) is 14.1. The van der Waals surface area contributed by atoms with E-state index in [1.807, 2.05) is 13.8 Å². The molecule has 0 aromatic rings. The Morgan fingerprint density at radius 1 is 0.724 bits per heavy atom. The Morgan fingerprint density at radius 3 is 1.38 bits per heavy atom. The van der Waals surface area contributed by atoms with Crippen molar-refractivity contribution in [1.29, 1.82) is 0 Å². The van der Waals surface area contributed by atoms with Gasteiger partial charge in [0.1, 0.15) is 0 Å². The maximum absolute atomic E-state index is 13.3. The predicted molar refractivity (Wildman–Crippen MR) is 72.5 cm³/mol. The minimum absolute atomic E-state index is 0.466. The van der Waals surface area contributed by atoms with Gasteiger partial charge in [-0.3, -0.25) is 0 Å². The van der Waals surface area contributed by atoms with Gasteiger partial charge in [-0.25, -0.2) is 4.79 Å². The molecular formula is C14H15F13O2. The molecule has 0 fully saturated rings. The van der Waals surface area contributed by atoms with Gasteiger partial charge < -0.3 is 4.74 Å². The van der Waals surface area contributed by atoms with Gasteiger partial charge in [0, 0.05) is 5.57 Å². The van der Waals surface area contributed by atoms with Gasteiger partial charge in [0.15, 0.2) is 0 Å². The molecule has 0 aliphatic heterocycles. The molecule has 0 spiro atoms. The number of ether oxygens (including phenoxy) is 1. The molecule has 0 rings (SSSR count). The van der Waals surface area contributed by atoms with Crippen LogP contribution < -0.4 is 0 Å². The number of hydrogen-bond donors (Lipinski definition) is 0. The fourth-order valence-electron chi connectivity index (χ4n) is 1.35. The molecule has 0 saturated heterocycles. The average Bonchev–Trinajstić information content (AvgIpc) is 2.54. The third kappa shape index (κ3) is 5.27. The van der Waals surface area contributed by atoms with Gasteiger partial charge in [0.05, 0.1) is 13.0 Å². The molecule has 0 aromatic heterocycles. The van der Waals surface area contributed by atoms with Crippen molar-refractivity contribution in [1.82, 2.24) is 0 Å². The van der Waals surface area contributed by atoms with E-state index in [0.717, 1.165) is 6.92 Å². The van der Waals surface area contributed by atoms with Crippen LogP contribution in [-0.4, -0.2) is 48.4 Å². The molecule has 29 heavy (non-hydrogen) atoms. The van der Waals surface area contributed by atoms with Crippen molar-refractivity contribution >= 4 is 5.97 Å². The summed E-state index contributed by atoms with van der Waals surface area (Å²) in [5, 5.41) is 0. The van der Waals surface area contributed by atoms with Crippen molar-refractivity contribution in [3.63, 3.8) is 0 Å². The highest BCUT2D eigenvalue weighted by Gasteiger charge is 2.90. The van der Waals surface area contributed by atoms with Crippen LogP contribution in [0.2, 0.25) is 0 Å². The summed E-state index contributed by atoms with van der Waals surface area (Å²) in [5.74, 6) is -38.7. The topological polar surface area (TPSA) is 26.3 Å². The first-order valence-corrected chi connectivity index (χ1v) is 7.36. The van der Waals surface area contributed by atoms with Crippen molar-refractivity contribution in [2.24, 2.45) is 0 Å². The van der Waals surface area contributed by atoms with E-state index in [1.165, 1.54) is 0 Å². The molecule has 2 nitrogen and oxygen atoms in total. The number of carbonyl (C=O) groups excluding carboxylic acids is 1. The molecule has 0 amide bonds. The van der Waals surface area contributed by atoms with Crippen molar-refractivity contribution in [3.05, 3.63) is 12.2 Å². The van der Waals surface area contributed by atoms with E-state index in [9.17, 15) is 61.9 Å². The standard InChI is InChI=1S/C12H9F13O2.C2H6/c1-5(2)6(26)27-4-3-7(13,14)8(15,16)9(17,18)10(19,20)11(21,22)12(23,24)25;1-2/h1,3-4H2,2H3;1-2H3. The second kappa shape index (κ2) is 8.98. The van der Waals surface area contributed by atoms with Gasteiger partial charge in [0.25, 0.3) is 0 Å². The highest BCUT2D eigenvalue weighted by Crippen LogP contribution is 2.60. The van der Waals surface area contributed by atoms with Gasteiger partial charge in [-0.2, -0.15) is 57.1 Å². The zero-order chi connectivity index (χ0) is 24.3. The lowest BCUT2D eigenvalue weighted by atomic mass is 9.93. The van der Waals surface area contributed by atoms with Crippen LogP contribution in [0, 0.1) is 0 Å². The van der Waals surface area contributed by atoms with Crippen LogP contribution in [0.25, 0.3) is 0 Å². The quantitative estimate of drug-likeness (QED) is 0.242. The molecule has 174 valence electrons. The van der Waals surface area contributed by atoms with E-state index in [-0.39, 0.29) is 0 Å². The molecule has 0 unspecified atom stereocenters. The molecule has 0 heterocycles. The van der Waals surface area contributed by atoms with E-state index >= 15 is 0 Å². The first kappa shape index (κ1) is 29.5. The Morgan fingerprint density at radius 2 is 1.07 bits per heavy atom. The zero-order valence-electron chi connectivity index (χ0n) is 14.9. The van der Waals surface area contributed by atoms with Gasteiger partial charge in [-0.05, 0) is 6.92 Å². The summed E-state index contributed by atoms with van der Waals surface area (Å²) in [4.78, 5) is 10.8. The van der Waals surface area contributed by atoms with Crippen molar-refractivity contribution in [2.75, 3.05) is 6.61 Å². The van der Waals surface area contributed by atoms with Gasteiger partial charge in [-0.1, -0.05) is 20.4 Å². The number of carbonyl (C=O) groups is 1. The Balaban J connectivity index is 0. The van der Waals surface area contributed by atoms with E-state index in [0.29, 0.717) is 0 Å². The molecule has 0 bridgehead atoms. The van der Waals surface area contributed by atoms with Gasteiger partial charge >= 0.3 is 41.8 Å². The van der Waals surface area contributed by atoms with E-state index in [2.05, 4.69) is 11.3 Å². The second-order valence-corrected chi connectivity index (χ2v) is 5.17. The van der Waals surface area contributed by atoms with E-state index < -0.39 is 60.4 Å². The summed E-state index contributed by atoms with van der Waals surface area (Å²) >= 11 is 0. The van der Waals surface area contributed by atoms with Crippen molar-refractivity contribution in [3.8, 4) is 0 Å². The molecule has 0 aliphatic carbocycles. The Kier molecular flexibility index (Phi) is 9.13. The summed E-state index contributed by atoms with van der Waals surface area (Å²) in [6.45, 7) is 6.08. The van der Waals surface area contributed by atoms with Crippen LogP contribution >= 0.6 is 0 Å². The monoisotopic (exact) mass is 462 g/mol. The van der Waals surface area contributed by atoms with E-state index in [1.54, 1.807) is 0 Å². The fourth-order valence-corrected chi connectivity index (χ4v) is 1.35. The summed E-state index contributed by atoms with van der Waals surface area (Å²) < 4.78 is 170. The smallest absolute Gasteiger partial charge is 0.460 e. The number of esters is 1. The Hall–Kier alpha value is -1.70. The highest BCUT2D eigenvalue weighted by molar-refractivity contribution is 5.86. The minimum atomic E-state index is -7.94. The van der Waals surface area contributed by atoms with E-state index in [4.69, 9.17) is 0 Å². The summed E-state index contributed by atoms with van der Waals surface area (Å²) in [6.07, 6.45) is -10.1. The van der Waals surface area contributed by atoms with Crippen LogP contribution in [0.1, 0.15) is 27.2 Å². The molecule has 0 saturated carbocycles. The number of rotatable bonds is 8. The lowest BCUT2D eigenvalue weighted by Gasteiger charge is -2.39. The Bertz CT molecular complexity index is 579. The largest absolute Gasteiger partial charge is 0.462 e. The summed E-state index contributed by atoms with van der Waals surface area (Å²) in [7, 11) is 0. The van der Waals surface area contributed by atoms with Gasteiger partial charge in [0.2, 0.25) is 0 Å². The number of alkyl halides is 13. The maximum Gasteiger partial charge on any atom is 0.460 e. The maximum atomic E-state index is 13.3. The molecule has 0 aromatic carbocycles. The minimum Gasteiger partial charge on any atom is -0.462 e. The summed E-state index contributed by atoms with van der Waals surface area (Å²) in [6, 6.07) is 0. The first-order valence-electron chi connectivity index (χ1n) is 7.36. The lowest BCUT2D eigenvalue weighted by Crippen LogP contribution is -2.70. The molecule has 15 heteroatoms. The van der Waals surface area contributed by atoms with Crippen LogP contribution in [0.3, 0.4) is 0 Å². The fraction of sp³-hybridized carbons (Fsp3) is 0.786. The number of halogens is 13. The predicted octanol–water partition coefficient (Wildman–Crippen LogP) is 6.26. The van der Waals surface area contributed by atoms with Gasteiger partial charge in [-0.15, -0.1) is 0 Å². The van der Waals surface area contributed by atoms with Crippen molar-refractivity contribution < 1.29 is 66.6 Å². The average molecular weight is 462 g/mol.